The van der Waals surface area contributed by atoms with Crippen molar-refractivity contribution in [3.8, 4) is 0 Å². The maximum absolute atomic E-state index is 12.7. The highest BCUT2D eigenvalue weighted by molar-refractivity contribution is 6.01. The summed E-state index contributed by atoms with van der Waals surface area (Å²) in [5, 5.41) is 0. The van der Waals surface area contributed by atoms with Crippen LogP contribution in [0.1, 0.15) is 24.4 Å². The molecule has 1 heterocycles. The molecule has 5 nitrogen and oxygen atoms in total. The summed E-state index contributed by atoms with van der Waals surface area (Å²) in [7, 11) is 1.69. The number of nitrogens with zero attached hydrogens (tertiary/aromatic N) is 2. The van der Waals surface area contributed by atoms with Gasteiger partial charge in [-0.2, -0.15) is 0 Å². The fraction of sp³-hybridized carbons (Fsp3) is 0.300. The Morgan fingerprint density at radius 1 is 1.16 bits per heavy atom. The van der Waals surface area contributed by atoms with Crippen molar-refractivity contribution in [3.63, 3.8) is 0 Å². The van der Waals surface area contributed by atoms with Crippen molar-refractivity contribution in [2.45, 2.75) is 24.9 Å². The number of carbonyl (C=O) groups excluding carboxylic acids is 2. The highest BCUT2D eigenvalue weighted by atomic mass is 16.2. The summed E-state index contributed by atoms with van der Waals surface area (Å²) in [6, 6.07) is 18.3. The maximum atomic E-state index is 12.7. The fourth-order valence-corrected chi connectivity index (χ4v) is 3.21. The molecule has 2 aromatic carbocycles. The van der Waals surface area contributed by atoms with Crippen molar-refractivity contribution in [3.05, 3.63) is 66.2 Å². The molecule has 130 valence electrons. The van der Waals surface area contributed by atoms with Crippen LogP contribution in [0.15, 0.2) is 60.7 Å². The van der Waals surface area contributed by atoms with Crippen molar-refractivity contribution in [2.24, 2.45) is 5.73 Å². The third-order valence-corrected chi connectivity index (χ3v) is 4.73. The lowest BCUT2D eigenvalue weighted by Crippen LogP contribution is -2.43. The van der Waals surface area contributed by atoms with Crippen LogP contribution in [0.3, 0.4) is 0 Å². The van der Waals surface area contributed by atoms with E-state index in [9.17, 15) is 9.59 Å². The monoisotopic (exact) mass is 337 g/mol. The molecule has 5 heteroatoms. The van der Waals surface area contributed by atoms with E-state index in [0.29, 0.717) is 13.0 Å². The summed E-state index contributed by atoms with van der Waals surface area (Å²) in [4.78, 5) is 28.6. The van der Waals surface area contributed by atoms with Crippen molar-refractivity contribution in [2.75, 3.05) is 18.5 Å². The molecule has 1 fully saturated rings. The topological polar surface area (TPSA) is 66.6 Å². The van der Waals surface area contributed by atoms with Crippen LogP contribution in [0.5, 0.6) is 0 Å². The van der Waals surface area contributed by atoms with E-state index in [2.05, 4.69) is 0 Å². The van der Waals surface area contributed by atoms with E-state index in [1.54, 1.807) is 16.8 Å². The van der Waals surface area contributed by atoms with Crippen LogP contribution in [-0.4, -0.2) is 36.3 Å². The van der Waals surface area contributed by atoms with Gasteiger partial charge in [0.05, 0.1) is 0 Å². The second kappa shape index (κ2) is 7.49. The van der Waals surface area contributed by atoms with E-state index in [4.69, 9.17) is 5.73 Å². The zero-order chi connectivity index (χ0) is 17.8. The molecule has 0 radical (unpaired) electrons. The molecular formula is C20H23N3O2. The number of nitrogens with two attached hydrogens (primary N) is 1. The molecule has 1 aliphatic rings. The number of hydrogen-bond donors (Lipinski definition) is 1. The zero-order valence-electron chi connectivity index (χ0n) is 14.3. The SMILES string of the molecule is CN(C(=O)CC(N)c1ccccc1)C1CCN(c2ccccc2)C1=O. The largest absolute Gasteiger partial charge is 0.334 e. The molecule has 1 saturated heterocycles. The van der Waals surface area contributed by atoms with Crippen molar-refractivity contribution < 1.29 is 9.59 Å². The van der Waals surface area contributed by atoms with Gasteiger partial charge < -0.3 is 15.5 Å². The minimum Gasteiger partial charge on any atom is -0.334 e. The van der Waals surface area contributed by atoms with Crippen molar-refractivity contribution in [1.82, 2.24) is 4.90 Å². The number of benzene rings is 2. The molecule has 3 rings (SSSR count). The number of carbonyl (C=O) groups is 2. The van der Waals surface area contributed by atoms with E-state index < -0.39 is 6.04 Å². The molecular weight excluding hydrogens is 314 g/mol. The van der Waals surface area contributed by atoms with Crippen LogP contribution in [0, 0.1) is 0 Å². The molecule has 2 amide bonds. The minimum atomic E-state index is -0.421. The van der Waals surface area contributed by atoms with Gasteiger partial charge in [0, 0.05) is 31.7 Å². The van der Waals surface area contributed by atoms with E-state index in [0.717, 1.165) is 11.3 Å². The molecule has 0 aromatic heterocycles. The lowest BCUT2D eigenvalue weighted by atomic mass is 10.0. The number of rotatable bonds is 5. The number of anilines is 1. The molecule has 2 atom stereocenters. The van der Waals surface area contributed by atoms with Crippen LogP contribution in [0.25, 0.3) is 0 Å². The Morgan fingerprint density at radius 2 is 1.76 bits per heavy atom. The van der Waals surface area contributed by atoms with E-state index in [-0.39, 0.29) is 24.3 Å². The van der Waals surface area contributed by atoms with Crippen LogP contribution in [-0.2, 0) is 9.59 Å². The Kier molecular flexibility index (Phi) is 5.14. The van der Waals surface area contributed by atoms with Gasteiger partial charge in [-0.05, 0) is 24.1 Å². The molecule has 1 aliphatic heterocycles. The molecule has 0 aliphatic carbocycles. The maximum Gasteiger partial charge on any atom is 0.249 e. The normalized spacial score (nSPS) is 18.2. The summed E-state index contributed by atoms with van der Waals surface area (Å²) in [5.74, 6) is -0.139. The first-order valence-corrected chi connectivity index (χ1v) is 8.50. The van der Waals surface area contributed by atoms with E-state index in [1.165, 1.54) is 0 Å². The number of likely N-dealkylation sites (N-methyl/N-ethyl adjacent to an activating group) is 1. The summed E-state index contributed by atoms with van der Waals surface area (Å²) >= 11 is 0. The third-order valence-electron chi connectivity index (χ3n) is 4.73. The lowest BCUT2D eigenvalue weighted by Gasteiger charge is -2.25. The number of para-hydroxylation sites is 1. The van der Waals surface area contributed by atoms with Gasteiger partial charge in [0.1, 0.15) is 6.04 Å². The van der Waals surface area contributed by atoms with Gasteiger partial charge >= 0.3 is 0 Å². The second-order valence-electron chi connectivity index (χ2n) is 6.36. The molecule has 2 unspecified atom stereocenters. The molecule has 0 spiro atoms. The predicted molar refractivity (Wildman–Crippen MR) is 98.0 cm³/mol. The minimum absolute atomic E-state index is 0.0321. The second-order valence-corrected chi connectivity index (χ2v) is 6.36. The number of amides is 2. The first-order chi connectivity index (χ1) is 12.1. The Balaban J connectivity index is 1.64. The van der Waals surface area contributed by atoms with E-state index >= 15 is 0 Å². The Hall–Kier alpha value is -2.66. The first-order valence-electron chi connectivity index (χ1n) is 8.50. The Labute approximate surface area is 148 Å². The highest BCUT2D eigenvalue weighted by Gasteiger charge is 2.37. The Morgan fingerprint density at radius 3 is 2.40 bits per heavy atom. The van der Waals surface area contributed by atoms with Gasteiger partial charge in [-0.25, -0.2) is 0 Å². The van der Waals surface area contributed by atoms with Crippen molar-refractivity contribution >= 4 is 17.5 Å². The van der Waals surface area contributed by atoms with Crippen molar-refractivity contribution in [1.29, 1.82) is 0 Å². The summed E-state index contributed by atoms with van der Waals surface area (Å²) in [5.41, 5.74) is 7.94. The van der Waals surface area contributed by atoms with Gasteiger partial charge in [0.15, 0.2) is 0 Å². The average Bonchev–Trinajstić information content (AvgIpc) is 3.03. The number of hydrogen-bond acceptors (Lipinski definition) is 3. The van der Waals surface area contributed by atoms with Crippen LogP contribution in [0.2, 0.25) is 0 Å². The summed E-state index contributed by atoms with van der Waals surface area (Å²) in [6.45, 7) is 0.621. The molecule has 2 N–H and O–H groups in total. The van der Waals surface area contributed by atoms with Gasteiger partial charge in [-0.3, -0.25) is 9.59 Å². The predicted octanol–water partition coefficient (Wildman–Crippen LogP) is 2.34. The van der Waals surface area contributed by atoms with Gasteiger partial charge in [0.2, 0.25) is 11.8 Å². The van der Waals surface area contributed by atoms with Crippen LogP contribution in [0.4, 0.5) is 5.69 Å². The highest BCUT2D eigenvalue weighted by Crippen LogP contribution is 2.24. The van der Waals surface area contributed by atoms with Crippen LogP contribution < -0.4 is 10.6 Å². The lowest BCUT2D eigenvalue weighted by molar-refractivity contribution is -0.137. The van der Waals surface area contributed by atoms with E-state index in [1.807, 2.05) is 60.7 Å². The standard InChI is InChI=1S/C20H23N3O2/c1-22(19(24)14-17(21)15-8-4-2-5-9-15)18-12-13-23(20(18)25)16-10-6-3-7-11-16/h2-11,17-18H,12-14,21H2,1H3. The van der Waals surface area contributed by atoms with Gasteiger partial charge in [-0.1, -0.05) is 48.5 Å². The average molecular weight is 337 g/mol. The van der Waals surface area contributed by atoms with Gasteiger partial charge in [0.25, 0.3) is 0 Å². The molecule has 0 bridgehead atoms. The van der Waals surface area contributed by atoms with Gasteiger partial charge in [-0.15, -0.1) is 0 Å². The first kappa shape index (κ1) is 17.2. The third kappa shape index (κ3) is 3.72. The summed E-state index contributed by atoms with van der Waals surface area (Å²) in [6.07, 6.45) is 0.826. The Bertz CT molecular complexity index is 733. The molecule has 25 heavy (non-hydrogen) atoms. The molecule has 2 aromatic rings. The smallest absolute Gasteiger partial charge is 0.249 e. The molecule has 0 saturated carbocycles. The van der Waals surface area contributed by atoms with Crippen LogP contribution >= 0.6 is 0 Å². The zero-order valence-corrected chi connectivity index (χ0v) is 14.3. The quantitative estimate of drug-likeness (QED) is 0.911. The fourth-order valence-electron chi connectivity index (χ4n) is 3.21. The summed E-state index contributed by atoms with van der Waals surface area (Å²) < 4.78 is 0.